The average molecular weight is 185 g/mol. The van der Waals surface area contributed by atoms with E-state index in [0.717, 1.165) is 0 Å². The molecule has 72 valence electrons. The van der Waals surface area contributed by atoms with Gasteiger partial charge in [-0.3, -0.25) is 0 Å². The molecule has 0 fully saturated rings. The van der Waals surface area contributed by atoms with Gasteiger partial charge in [0.05, 0.1) is 27.0 Å². The lowest BCUT2D eigenvalue weighted by Crippen LogP contribution is -2.10. The first-order valence-electron chi connectivity index (χ1n) is 3.62. The van der Waals surface area contributed by atoms with Crippen molar-refractivity contribution in [2.24, 2.45) is 0 Å². The SMILES string of the molecule is COc1cnc(CNO)nc1OC. The van der Waals surface area contributed by atoms with E-state index in [9.17, 15) is 0 Å². The number of aromatic nitrogens is 2. The second-order valence-electron chi connectivity index (χ2n) is 2.20. The summed E-state index contributed by atoms with van der Waals surface area (Å²) in [4.78, 5) is 7.88. The molecule has 0 bridgehead atoms. The van der Waals surface area contributed by atoms with Gasteiger partial charge >= 0.3 is 0 Å². The number of hydroxylamine groups is 1. The Morgan fingerprint density at radius 3 is 2.77 bits per heavy atom. The second-order valence-corrected chi connectivity index (χ2v) is 2.20. The lowest BCUT2D eigenvalue weighted by atomic mass is 10.5. The van der Waals surface area contributed by atoms with E-state index in [1.54, 1.807) is 0 Å². The lowest BCUT2D eigenvalue weighted by molar-refractivity contribution is 0.158. The van der Waals surface area contributed by atoms with Crippen LogP contribution in [-0.2, 0) is 6.54 Å². The van der Waals surface area contributed by atoms with Crippen LogP contribution in [0.5, 0.6) is 11.6 Å². The fourth-order valence-corrected chi connectivity index (χ4v) is 0.832. The smallest absolute Gasteiger partial charge is 0.260 e. The first-order valence-corrected chi connectivity index (χ1v) is 3.62. The fourth-order valence-electron chi connectivity index (χ4n) is 0.832. The van der Waals surface area contributed by atoms with Crippen molar-refractivity contribution in [2.75, 3.05) is 14.2 Å². The van der Waals surface area contributed by atoms with E-state index in [0.29, 0.717) is 17.5 Å². The van der Waals surface area contributed by atoms with Crippen LogP contribution in [-0.4, -0.2) is 29.4 Å². The van der Waals surface area contributed by atoms with Crippen molar-refractivity contribution in [3.8, 4) is 11.6 Å². The number of ether oxygens (including phenoxy) is 2. The van der Waals surface area contributed by atoms with Crippen molar-refractivity contribution < 1.29 is 14.7 Å². The van der Waals surface area contributed by atoms with Gasteiger partial charge in [-0.05, 0) is 0 Å². The van der Waals surface area contributed by atoms with Gasteiger partial charge in [0.25, 0.3) is 5.88 Å². The zero-order valence-corrected chi connectivity index (χ0v) is 7.44. The maximum atomic E-state index is 8.41. The Balaban J connectivity index is 2.91. The molecule has 1 aromatic heterocycles. The molecular formula is C7H11N3O3. The van der Waals surface area contributed by atoms with Gasteiger partial charge in [0.15, 0.2) is 5.75 Å². The maximum Gasteiger partial charge on any atom is 0.260 e. The third-order valence-corrected chi connectivity index (χ3v) is 1.42. The van der Waals surface area contributed by atoms with Crippen molar-refractivity contribution in [2.45, 2.75) is 6.54 Å². The normalized spacial score (nSPS) is 9.77. The molecule has 0 radical (unpaired) electrons. The van der Waals surface area contributed by atoms with E-state index < -0.39 is 0 Å². The third-order valence-electron chi connectivity index (χ3n) is 1.42. The zero-order valence-electron chi connectivity index (χ0n) is 7.44. The summed E-state index contributed by atoms with van der Waals surface area (Å²) in [5.41, 5.74) is 1.95. The molecule has 0 aliphatic rings. The van der Waals surface area contributed by atoms with E-state index in [2.05, 4.69) is 9.97 Å². The summed E-state index contributed by atoms with van der Waals surface area (Å²) < 4.78 is 9.87. The molecule has 0 aromatic carbocycles. The molecule has 6 heteroatoms. The summed E-state index contributed by atoms with van der Waals surface area (Å²) in [7, 11) is 2.99. The Hall–Kier alpha value is -1.40. The monoisotopic (exact) mass is 185 g/mol. The summed E-state index contributed by atoms with van der Waals surface area (Å²) in [6, 6.07) is 0. The molecule has 0 atom stereocenters. The highest BCUT2D eigenvalue weighted by atomic mass is 16.5. The first kappa shape index (κ1) is 9.69. The molecule has 0 saturated carbocycles. The summed E-state index contributed by atoms with van der Waals surface area (Å²) in [6.07, 6.45) is 1.48. The van der Waals surface area contributed by atoms with E-state index in [4.69, 9.17) is 14.7 Å². The number of rotatable bonds is 4. The molecule has 1 heterocycles. The molecule has 2 N–H and O–H groups in total. The summed E-state index contributed by atoms with van der Waals surface area (Å²) in [6.45, 7) is 0.167. The second kappa shape index (κ2) is 4.58. The van der Waals surface area contributed by atoms with E-state index in [1.807, 2.05) is 5.48 Å². The van der Waals surface area contributed by atoms with Crippen LogP contribution in [0.25, 0.3) is 0 Å². The van der Waals surface area contributed by atoms with E-state index in [-0.39, 0.29) is 6.54 Å². The largest absolute Gasteiger partial charge is 0.490 e. The number of hydrogen-bond acceptors (Lipinski definition) is 6. The molecule has 1 rings (SSSR count). The van der Waals surface area contributed by atoms with Crippen molar-refractivity contribution in [3.05, 3.63) is 12.0 Å². The molecule has 1 aromatic rings. The Labute approximate surface area is 75.5 Å². The van der Waals surface area contributed by atoms with Crippen molar-refractivity contribution in [3.63, 3.8) is 0 Å². The van der Waals surface area contributed by atoms with Gasteiger partial charge in [0.1, 0.15) is 5.82 Å². The minimum Gasteiger partial charge on any atom is -0.490 e. The molecule has 0 spiro atoms. The van der Waals surface area contributed by atoms with Crippen LogP contribution in [0.1, 0.15) is 5.82 Å². The predicted octanol–water partition coefficient (Wildman–Crippen LogP) is -0.0274. The summed E-state index contributed by atoms with van der Waals surface area (Å²) in [5, 5.41) is 8.41. The van der Waals surface area contributed by atoms with Gasteiger partial charge in [-0.15, -0.1) is 0 Å². The predicted molar refractivity (Wildman–Crippen MR) is 43.8 cm³/mol. The molecule has 0 saturated heterocycles. The molecule has 0 amide bonds. The standard InChI is InChI=1S/C7H11N3O3/c1-12-5-3-8-6(4-9-11)10-7(5)13-2/h3,9,11H,4H2,1-2H3. The van der Waals surface area contributed by atoms with Crippen molar-refractivity contribution >= 4 is 0 Å². The molecule has 0 aliphatic heterocycles. The minimum atomic E-state index is 0.167. The average Bonchev–Trinajstić information content (AvgIpc) is 2.18. The molecule has 0 unspecified atom stereocenters. The van der Waals surface area contributed by atoms with Gasteiger partial charge < -0.3 is 14.7 Å². The number of methoxy groups -OCH3 is 2. The fraction of sp³-hybridized carbons (Fsp3) is 0.429. The molecular weight excluding hydrogens is 174 g/mol. The summed E-state index contributed by atoms with van der Waals surface area (Å²) in [5.74, 6) is 1.24. The van der Waals surface area contributed by atoms with Crippen LogP contribution < -0.4 is 15.0 Å². The third kappa shape index (κ3) is 2.27. The maximum absolute atomic E-state index is 8.41. The van der Waals surface area contributed by atoms with Gasteiger partial charge in [0, 0.05) is 0 Å². The molecule has 13 heavy (non-hydrogen) atoms. The minimum absolute atomic E-state index is 0.167. The van der Waals surface area contributed by atoms with Gasteiger partial charge in [-0.25, -0.2) is 4.98 Å². The first-order chi connectivity index (χ1) is 6.31. The highest BCUT2D eigenvalue weighted by Crippen LogP contribution is 2.21. The highest BCUT2D eigenvalue weighted by Gasteiger charge is 2.06. The number of nitrogens with zero attached hydrogens (tertiary/aromatic N) is 2. The van der Waals surface area contributed by atoms with E-state index >= 15 is 0 Å². The van der Waals surface area contributed by atoms with Crippen molar-refractivity contribution in [1.29, 1.82) is 0 Å². The van der Waals surface area contributed by atoms with Gasteiger partial charge in [0.2, 0.25) is 0 Å². The van der Waals surface area contributed by atoms with Crippen LogP contribution in [0.15, 0.2) is 6.20 Å². The van der Waals surface area contributed by atoms with Crippen LogP contribution in [0.4, 0.5) is 0 Å². The number of nitrogens with one attached hydrogen (secondary N) is 1. The van der Waals surface area contributed by atoms with Crippen LogP contribution in [0, 0.1) is 0 Å². The summed E-state index contributed by atoms with van der Waals surface area (Å²) >= 11 is 0. The Bertz CT molecular complexity index is 280. The highest BCUT2D eigenvalue weighted by molar-refractivity contribution is 5.30. The Morgan fingerprint density at radius 1 is 1.46 bits per heavy atom. The van der Waals surface area contributed by atoms with Crippen molar-refractivity contribution in [1.82, 2.24) is 15.4 Å². The zero-order chi connectivity index (χ0) is 9.68. The van der Waals surface area contributed by atoms with Gasteiger partial charge in [-0.1, -0.05) is 0 Å². The molecule has 0 aliphatic carbocycles. The Morgan fingerprint density at radius 2 is 2.23 bits per heavy atom. The topological polar surface area (TPSA) is 76.5 Å². The molecule has 6 nitrogen and oxygen atoms in total. The Kier molecular flexibility index (Phi) is 3.41. The number of hydrogen-bond donors (Lipinski definition) is 2. The lowest BCUT2D eigenvalue weighted by Gasteiger charge is -2.06. The van der Waals surface area contributed by atoms with Gasteiger partial charge in [-0.2, -0.15) is 10.5 Å². The van der Waals surface area contributed by atoms with Crippen LogP contribution >= 0.6 is 0 Å². The van der Waals surface area contributed by atoms with E-state index in [1.165, 1.54) is 20.4 Å². The van der Waals surface area contributed by atoms with Crippen LogP contribution in [0.3, 0.4) is 0 Å². The van der Waals surface area contributed by atoms with Crippen LogP contribution in [0.2, 0.25) is 0 Å². The quantitative estimate of drug-likeness (QED) is 0.641.